The number of rotatable bonds is 3. The fourth-order valence-electron chi connectivity index (χ4n) is 2.64. The quantitative estimate of drug-likeness (QED) is 0.701. The third-order valence-corrected chi connectivity index (χ3v) is 4.20. The summed E-state index contributed by atoms with van der Waals surface area (Å²) in [6, 6.07) is 3.17. The van der Waals surface area contributed by atoms with Gasteiger partial charge in [0.25, 0.3) is 0 Å². The lowest BCUT2D eigenvalue weighted by Crippen LogP contribution is -2.14. The van der Waals surface area contributed by atoms with Crippen LogP contribution in [0.25, 0.3) is 5.69 Å². The number of aromatic nitrogens is 4. The Balaban J connectivity index is 2.25. The number of aromatic hydroxyl groups is 1. The second kappa shape index (κ2) is 6.17. The highest BCUT2D eigenvalue weighted by molar-refractivity contribution is 6.37. The molecule has 0 aliphatic rings. The number of carbonyl (C=O) groups excluding carboxylic acids is 1. The van der Waals surface area contributed by atoms with Gasteiger partial charge in [-0.3, -0.25) is 4.79 Å². The lowest BCUT2D eigenvalue weighted by atomic mass is 10.00. The lowest BCUT2D eigenvalue weighted by Gasteiger charge is -2.16. The Morgan fingerprint density at radius 3 is 2.50 bits per heavy atom. The Kier molecular flexibility index (Phi) is 4.27. The van der Waals surface area contributed by atoms with E-state index in [1.54, 1.807) is 0 Å². The number of carbonyl (C=O) groups is 1. The molecule has 1 N–H and O–H groups in total. The Morgan fingerprint density at radius 2 is 2.00 bits per heavy atom. The molecule has 2 heterocycles. The predicted octanol–water partition coefficient (Wildman–Crippen LogP) is 3.52. The van der Waals surface area contributed by atoms with E-state index in [4.69, 9.17) is 11.6 Å². The van der Waals surface area contributed by atoms with Gasteiger partial charge < -0.3 is 5.11 Å². The molecule has 0 radical (unpaired) electrons. The first-order valence-corrected chi connectivity index (χ1v) is 7.67. The molecule has 3 aromatic rings. The van der Waals surface area contributed by atoms with Gasteiger partial charge in [0.15, 0.2) is 0 Å². The minimum absolute atomic E-state index is 0.124. The molecule has 3 rings (SSSR count). The standard InChI is InChI=1S/C16H12ClF3N4O2/c1-8-11(15(26)23(2)22-8)14(25)9-4-5-10(16(18,19)20)13(12(9)17)24-7-3-6-21-24/h3-7,26H,1-2H3. The van der Waals surface area contributed by atoms with Gasteiger partial charge in [0.2, 0.25) is 11.7 Å². The number of nitrogens with zero attached hydrogens (tertiary/aromatic N) is 4. The van der Waals surface area contributed by atoms with Crippen molar-refractivity contribution in [3.05, 3.63) is 58.0 Å². The summed E-state index contributed by atoms with van der Waals surface area (Å²) in [5, 5.41) is 17.3. The largest absolute Gasteiger partial charge is 0.493 e. The summed E-state index contributed by atoms with van der Waals surface area (Å²) >= 11 is 6.18. The molecule has 0 spiro atoms. The molecule has 10 heteroatoms. The van der Waals surface area contributed by atoms with Crippen molar-refractivity contribution in [2.45, 2.75) is 13.1 Å². The minimum Gasteiger partial charge on any atom is -0.493 e. The highest BCUT2D eigenvalue weighted by atomic mass is 35.5. The zero-order valence-corrected chi connectivity index (χ0v) is 14.3. The zero-order chi connectivity index (χ0) is 19.2. The molecule has 1 aromatic carbocycles. The van der Waals surface area contributed by atoms with Gasteiger partial charge in [-0.2, -0.15) is 23.4 Å². The van der Waals surface area contributed by atoms with Crippen LogP contribution in [0.15, 0.2) is 30.6 Å². The third-order valence-electron chi connectivity index (χ3n) is 3.82. The van der Waals surface area contributed by atoms with Crippen LogP contribution in [0, 0.1) is 6.92 Å². The first-order chi connectivity index (χ1) is 12.1. The molecule has 0 aliphatic heterocycles. The van der Waals surface area contributed by atoms with Crippen LogP contribution in [0.2, 0.25) is 5.02 Å². The minimum atomic E-state index is -4.70. The average Bonchev–Trinajstić information content (AvgIpc) is 3.14. The summed E-state index contributed by atoms with van der Waals surface area (Å²) in [5.74, 6) is -1.13. The topological polar surface area (TPSA) is 72.9 Å². The van der Waals surface area contributed by atoms with Crippen molar-refractivity contribution < 1.29 is 23.1 Å². The smallest absolute Gasteiger partial charge is 0.418 e. The summed E-state index contributed by atoms with van der Waals surface area (Å²) in [5.41, 5.74) is -1.59. The van der Waals surface area contributed by atoms with Crippen LogP contribution in [-0.4, -0.2) is 30.5 Å². The molecule has 0 unspecified atom stereocenters. The van der Waals surface area contributed by atoms with Crippen molar-refractivity contribution in [2.24, 2.45) is 7.05 Å². The molecule has 0 saturated carbocycles. The maximum Gasteiger partial charge on any atom is 0.418 e. The molecule has 0 amide bonds. The van der Waals surface area contributed by atoms with Gasteiger partial charge in [0.1, 0.15) is 5.56 Å². The van der Waals surface area contributed by atoms with E-state index in [0.717, 1.165) is 21.5 Å². The molecule has 0 fully saturated rings. The van der Waals surface area contributed by atoms with E-state index in [1.165, 1.54) is 32.4 Å². The zero-order valence-electron chi connectivity index (χ0n) is 13.5. The van der Waals surface area contributed by atoms with Crippen molar-refractivity contribution in [1.29, 1.82) is 0 Å². The maximum absolute atomic E-state index is 13.4. The Bertz CT molecular complexity index is 994. The van der Waals surface area contributed by atoms with E-state index in [-0.39, 0.29) is 16.8 Å². The second-order valence-electron chi connectivity index (χ2n) is 5.51. The SMILES string of the molecule is Cc1nn(C)c(O)c1C(=O)c1ccc(C(F)(F)F)c(-n2cccn2)c1Cl. The first kappa shape index (κ1) is 18.0. The molecule has 0 atom stereocenters. The molecular formula is C16H12ClF3N4O2. The van der Waals surface area contributed by atoms with Crippen molar-refractivity contribution >= 4 is 17.4 Å². The van der Waals surface area contributed by atoms with Crippen molar-refractivity contribution in [1.82, 2.24) is 19.6 Å². The van der Waals surface area contributed by atoms with E-state index in [2.05, 4.69) is 10.2 Å². The summed E-state index contributed by atoms with van der Waals surface area (Å²) < 4.78 is 42.1. The second-order valence-corrected chi connectivity index (χ2v) is 5.89. The number of benzene rings is 1. The van der Waals surface area contributed by atoms with Crippen LogP contribution in [0.4, 0.5) is 13.2 Å². The fourth-order valence-corrected chi connectivity index (χ4v) is 2.98. The number of halogens is 4. The van der Waals surface area contributed by atoms with Crippen LogP contribution in [0.3, 0.4) is 0 Å². The number of alkyl halides is 3. The Labute approximate surface area is 150 Å². The lowest BCUT2D eigenvalue weighted by molar-refractivity contribution is -0.137. The highest BCUT2D eigenvalue weighted by Crippen LogP contribution is 2.39. The van der Waals surface area contributed by atoms with Crippen LogP contribution >= 0.6 is 11.6 Å². The molecule has 136 valence electrons. The molecule has 2 aromatic heterocycles. The molecule has 0 aliphatic carbocycles. The van der Waals surface area contributed by atoms with Gasteiger partial charge in [0.05, 0.1) is 22.0 Å². The third kappa shape index (κ3) is 2.84. The van der Waals surface area contributed by atoms with E-state index in [1.807, 2.05) is 0 Å². The van der Waals surface area contributed by atoms with Crippen LogP contribution < -0.4 is 0 Å². The summed E-state index contributed by atoms with van der Waals surface area (Å²) in [6.45, 7) is 1.50. The molecule has 6 nitrogen and oxygen atoms in total. The van der Waals surface area contributed by atoms with Crippen molar-refractivity contribution in [3.8, 4) is 11.6 Å². The normalized spacial score (nSPS) is 11.8. The van der Waals surface area contributed by atoms with Crippen LogP contribution in [0.1, 0.15) is 27.2 Å². The van der Waals surface area contributed by atoms with E-state index < -0.39 is 34.1 Å². The van der Waals surface area contributed by atoms with Crippen molar-refractivity contribution in [2.75, 3.05) is 0 Å². The predicted molar refractivity (Wildman–Crippen MR) is 86.6 cm³/mol. The Morgan fingerprint density at radius 1 is 1.31 bits per heavy atom. The summed E-state index contributed by atoms with van der Waals surface area (Å²) in [7, 11) is 1.43. The molecule has 26 heavy (non-hydrogen) atoms. The van der Waals surface area contributed by atoms with Crippen LogP contribution in [0.5, 0.6) is 5.88 Å². The highest BCUT2D eigenvalue weighted by Gasteiger charge is 2.37. The van der Waals surface area contributed by atoms with Crippen LogP contribution in [-0.2, 0) is 13.2 Å². The van der Waals surface area contributed by atoms with Gasteiger partial charge in [-0.25, -0.2) is 9.36 Å². The first-order valence-electron chi connectivity index (χ1n) is 7.30. The van der Waals surface area contributed by atoms with Gasteiger partial charge >= 0.3 is 6.18 Å². The Hall–Kier alpha value is -2.81. The number of hydrogen-bond acceptors (Lipinski definition) is 4. The van der Waals surface area contributed by atoms with Gasteiger partial charge in [-0.15, -0.1) is 0 Å². The maximum atomic E-state index is 13.4. The average molecular weight is 385 g/mol. The fraction of sp³-hybridized carbons (Fsp3) is 0.188. The summed E-state index contributed by atoms with van der Waals surface area (Å²) in [6.07, 6.45) is -2.11. The van der Waals surface area contributed by atoms with Crippen molar-refractivity contribution in [3.63, 3.8) is 0 Å². The number of ketones is 1. The molecule has 0 saturated heterocycles. The van der Waals surface area contributed by atoms with Gasteiger partial charge in [0, 0.05) is 25.0 Å². The van der Waals surface area contributed by atoms with E-state index in [9.17, 15) is 23.1 Å². The molecular weight excluding hydrogens is 373 g/mol. The van der Waals surface area contributed by atoms with Gasteiger partial charge in [-0.05, 0) is 25.1 Å². The van der Waals surface area contributed by atoms with E-state index in [0.29, 0.717) is 0 Å². The van der Waals surface area contributed by atoms with E-state index >= 15 is 0 Å². The molecule has 0 bridgehead atoms. The van der Waals surface area contributed by atoms with Gasteiger partial charge in [-0.1, -0.05) is 11.6 Å². The monoisotopic (exact) mass is 384 g/mol. The summed E-state index contributed by atoms with van der Waals surface area (Å²) in [4.78, 5) is 12.8. The number of aryl methyl sites for hydroxylation is 2. The number of hydrogen-bond donors (Lipinski definition) is 1.